The number of benzene rings is 1. The number of halogens is 3. The van der Waals surface area contributed by atoms with Gasteiger partial charge in [0.05, 0.1) is 0 Å². The molecule has 21 heavy (non-hydrogen) atoms. The average Bonchev–Trinajstić information content (AvgIpc) is 2.45. The van der Waals surface area contributed by atoms with Gasteiger partial charge in [-0.15, -0.1) is 0 Å². The van der Waals surface area contributed by atoms with E-state index in [9.17, 15) is 18.0 Å². The van der Waals surface area contributed by atoms with Crippen LogP contribution in [0.5, 0.6) is 0 Å². The molecule has 2 N–H and O–H groups in total. The van der Waals surface area contributed by atoms with Crippen LogP contribution in [0.15, 0.2) is 36.7 Å². The Bertz CT molecular complexity index is 653. The van der Waals surface area contributed by atoms with Crippen LogP contribution in [0.1, 0.15) is 40.2 Å². The minimum absolute atomic E-state index is 0.324. The molecule has 0 saturated heterocycles. The molecule has 110 valence electrons. The Hall–Kier alpha value is -2.44. The second-order valence-electron chi connectivity index (χ2n) is 4.51. The Labute approximate surface area is 118 Å². The van der Waals surface area contributed by atoms with Crippen LogP contribution in [0, 0.1) is 0 Å². The van der Waals surface area contributed by atoms with Gasteiger partial charge in [0.2, 0.25) is 11.7 Å². The van der Waals surface area contributed by atoms with Gasteiger partial charge < -0.3 is 5.73 Å². The van der Waals surface area contributed by atoms with Gasteiger partial charge in [-0.25, -0.2) is 9.97 Å². The van der Waals surface area contributed by atoms with E-state index in [-0.39, 0.29) is 5.92 Å². The summed E-state index contributed by atoms with van der Waals surface area (Å²) in [6, 6.07) is 6.66. The Morgan fingerprint density at radius 1 is 1.19 bits per heavy atom. The Morgan fingerprint density at radius 3 is 2.29 bits per heavy atom. The van der Waals surface area contributed by atoms with Crippen molar-refractivity contribution >= 4 is 5.91 Å². The monoisotopic (exact) mass is 295 g/mol. The van der Waals surface area contributed by atoms with Crippen molar-refractivity contribution in [1.29, 1.82) is 0 Å². The third-order valence-electron chi connectivity index (χ3n) is 3.12. The van der Waals surface area contributed by atoms with Crippen molar-refractivity contribution in [2.45, 2.75) is 19.0 Å². The molecule has 1 aromatic heterocycles. The zero-order valence-electron chi connectivity index (χ0n) is 11.1. The predicted molar refractivity (Wildman–Crippen MR) is 69.5 cm³/mol. The van der Waals surface area contributed by atoms with Crippen LogP contribution < -0.4 is 5.73 Å². The number of alkyl halides is 3. The maximum Gasteiger partial charge on any atom is 0.451 e. The summed E-state index contributed by atoms with van der Waals surface area (Å²) in [6.07, 6.45) is -2.36. The van der Waals surface area contributed by atoms with Crippen molar-refractivity contribution in [3.8, 4) is 0 Å². The Morgan fingerprint density at radius 2 is 1.76 bits per heavy atom. The quantitative estimate of drug-likeness (QED) is 0.946. The molecule has 7 heteroatoms. The van der Waals surface area contributed by atoms with Gasteiger partial charge in [0.15, 0.2) is 0 Å². The van der Waals surface area contributed by atoms with Gasteiger partial charge in [-0.2, -0.15) is 13.2 Å². The fraction of sp³-hybridized carbons (Fsp3) is 0.214. The van der Waals surface area contributed by atoms with E-state index in [1.54, 1.807) is 31.2 Å². The summed E-state index contributed by atoms with van der Waals surface area (Å²) in [4.78, 5) is 18.0. The summed E-state index contributed by atoms with van der Waals surface area (Å²) in [5.74, 6) is -2.14. The van der Waals surface area contributed by atoms with E-state index >= 15 is 0 Å². The van der Waals surface area contributed by atoms with Gasteiger partial charge in [0.1, 0.15) is 0 Å². The number of rotatable bonds is 3. The SMILES string of the molecule is CC(c1cnc(C(F)(F)F)nc1)c1ccccc1C(N)=O. The molecule has 0 radical (unpaired) electrons. The maximum absolute atomic E-state index is 12.4. The van der Waals surface area contributed by atoms with Crippen LogP contribution >= 0.6 is 0 Å². The third-order valence-corrected chi connectivity index (χ3v) is 3.12. The summed E-state index contributed by atoms with van der Waals surface area (Å²) in [5.41, 5.74) is 6.70. The lowest BCUT2D eigenvalue weighted by Gasteiger charge is -2.15. The van der Waals surface area contributed by atoms with Crippen LogP contribution in [0.3, 0.4) is 0 Å². The number of hydrogen-bond acceptors (Lipinski definition) is 3. The van der Waals surface area contributed by atoms with E-state index < -0.39 is 17.9 Å². The van der Waals surface area contributed by atoms with E-state index in [1.165, 1.54) is 0 Å². The van der Waals surface area contributed by atoms with Crippen molar-refractivity contribution in [3.05, 3.63) is 59.2 Å². The minimum Gasteiger partial charge on any atom is -0.366 e. The zero-order chi connectivity index (χ0) is 15.6. The number of aromatic nitrogens is 2. The molecule has 0 aliphatic rings. The number of nitrogens with zero attached hydrogens (tertiary/aromatic N) is 2. The van der Waals surface area contributed by atoms with Crippen molar-refractivity contribution < 1.29 is 18.0 Å². The largest absolute Gasteiger partial charge is 0.451 e. The van der Waals surface area contributed by atoms with Crippen LogP contribution in [-0.4, -0.2) is 15.9 Å². The predicted octanol–water partition coefficient (Wildman–Crippen LogP) is 2.75. The summed E-state index contributed by atoms with van der Waals surface area (Å²) in [6.45, 7) is 1.74. The lowest BCUT2D eigenvalue weighted by molar-refractivity contribution is -0.145. The number of nitrogens with two attached hydrogens (primary N) is 1. The topological polar surface area (TPSA) is 68.9 Å². The standard InChI is InChI=1S/C14H12F3N3O/c1-8(10-4-2-3-5-11(10)12(18)21)9-6-19-13(20-7-9)14(15,16)17/h2-8H,1H3,(H2,18,21). The van der Waals surface area contributed by atoms with Crippen LogP contribution in [0.2, 0.25) is 0 Å². The molecule has 0 aliphatic carbocycles. The summed E-state index contributed by atoms with van der Waals surface area (Å²) in [7, 11) is 0. The molecular formula is C14H12F3N3O. The highest BCUT2D eigenvalue weighted by Gasteiger charge is 2.34. The van der Waals surface area contributed by atoms with E-state index in [1.807, 2.05) is 0 Å². The van der Waals surface area contributed by atoms with Crippen molar-refractivity contribution in [1.82, 2.24) is 9.97 Å². The molecule has 1 unspecified atom stereocenters. The highest BCUT2D eigenvalue weighted by Crippen LogP contribution is 2.29. The lowest BCUT2D eigenvalue weighted by Crippen LogP contribution is -2.16. The molecule has 1 heterocycles. The average molecular weight is 295 g/mol. The van der Waals surface area contributed by atoms with Gasteiger partial charge in [-0.05, 0) is 17.2 Å². The number of amides is 1. The fourth-order valence-corrected chi connectivity index (χ4v) is 1.99. The number of primary amides is 1. The van der Waals surface area contributed by atoms with Gasteiger partial charge in [-0.3, -0.25) is 4.79 Å². The molecule has 0 saturated carbocycles. The van der Waals surface area contributed by atoms with Crippen LogP contribution in [-0.2, 0) is 6.18 Å². The lowest BCUT2D eigenvalue weighted by atomic mass is 9.91. The van der Waals surface area contributed by atoms with Gasteiger partial charge in [0.25, 0.3) is 0 Å². The second-order valence-corrected chi connectivity index (χ2v) is 4.51. The zero-order valence-corrected chi connectivity index (χ0v) is 11.1. The number of carbonyl (C=O) groups excluding carboxylic acids is 1. The number of hydrogen-bond donors (Lipinski definition) is 1. The first-order valence-electron chi connectivity index (χ1n) is 6.08. The van der Waals surface area contributed by atoms with Crippen molar-refractivity contribution in [3.63, 3.8) is 0 Å². The molecule has 0 fully saturated rings. The number of carbonyl (C=O) groups is 1. The van der Waals surface area contributed by atoms with Gasteiger partial charge in [0, 0.05) is 23.9 Å². The highest BCUT2D eigenvalue weighted by atomic mass is 19.4. The second kappa shape index (κ2) is 5.51. The molecule has 0 bridgehead atoms. The molecular weight excluding hydrogens is 283 g/mol. The minimum atomic E-state index is -4.58. The molecule has 0 spiro atoms. The summed E-state index contributed by atoms with van der Waals surface area (Å²) >= 11 is 0. The summed E-state index contributed by atoms with van der Waals surface area (Å²) < 4.78 is 37.3. The van der Waals surface area contributed by atoms with Crippen molar-refractivity contribution in [2.75, 3.05) is 0 Å². The molecule has 4 nitrogen and oxygen atoms in total. The smallest absolute Gasteiger partial charge is 0.366 e. The van der Waals surface area contributed by atoms with Gasteiger partial charge >= 0.3 is 6.18 Å². The summed E-state index contributed by atoms with van der Waals surface area (Å²) in [5, 5.41) is 0. The molecule has 2 aromatic rings. The molecule has 1 amide bonds. The first-order valence-corrected chi connectivity index (χ1v) is 6.08. The van der Waals surface area contributed by atoms with E-state index in [0.29, 0.717) is 16.7 Å². The molecule has 0 aliphatic heterocycles. The fourth-order valence-electron chi connectivity index (χ4n) is 1.99. The normalized spacial score (nSPS) is 13.0. The maximum atomic E-state index is 12.4. The third kappa shape index (κ3) is 3.18. The van der Waals surface area contributed by atoms with E-state index in [4.69, 9.17) is 5.73 Å². The highest BCUT2D eigenvalue weighted by molar-refractivity contribution is 5.94. The first kappa shape index (κ1) is 15.0. The Kier molecular flexibility index (Phi) is 3.93. The molecule has 1 atom stereocenters. The molecule has 2 rings (SSSR count). The van der Waals surface area contributed by atoms with E-state index in [2.05, 4.69) is 9.97 Å². The van der Waals surface area contributed by atoms with Gasteiger partial charge in [-0.1, -0.05) is 25.1 Å². The van der Waals surface area contributed by atoms with Crippen molar-refractivity contribution in [2.24, 2.45) is 5.73 Å². The Balaban J connectivity index is 2.37. The van der Waals surface area contributed by atoms with Crippen LogP contribution in [0.25, 0.3) is 0 Å². The van der Waals surface area contributed by atoms with E-state index in [0.717, 1.165) is 12.4 Å². The van der Waals surface area contributed by atoms with Crippen LogP contribution in [0.4, 0.5) is 13.2 Å². The first-order chi connectivity index (χ1) is 9.80. The molecule has 1 aromatic carbocycles.